The Morgan fingerprint density at radius 3 is 2.58 bits per heavy atom. The highest BCUT2D eigenvalue weighted by Crippen LogP contribution is 1.99. The van der Waals surface area contributed by atoms with Crippen LogP contribution in [0.1, 0.15) is 13.3 Å². The number of aliphatic imine (C=N–C) groups is 1. The summed E-state index contributed by atoms with van der Waals surface area (Å²) in [6.07, 6.45) is 4.39. The fraction of sp³-hybridized carbons (Fsp3) is 0.667. The number of nitrogens with zero attached hydrogens (tertiary/aromatic N) is 2. The third kappa shape index (κ3) is 6.04. The third-order valence-corrected chi connectivity index (χ3v) is 1.46. The van der Waals surface area contributed by atoms with Gasteiger partial charge in [-0.2, -0.15) is 0 Å². The van der Waals surface area contributed by atoms with Crippen LogP contribution in [0.4, 0.5) is 4.39 Å². The molecule has 0 radical (unpaired) electrons. The van der Waals surface area contributed by atoms with Crippen LogP contribution < -0.4 is 0 Å². The van der Waals surface area contributed by atoms with E-state index in [1.807, 2.05) is 20.2 Å². The van der Waals surface area contributed by atoms with Crippen LogP contribution in [-0.4, -0.2) is 38.6 Å². The number of alkyl halides is 1. The molecule has 0 aromatic rings. The summed E-state index contributed by atoms with van der Waals surface area (Å²) < 4.78 is 11.6. The van der Waals surface area contributed by atoms with Gasteiger partial charge in [0.15, 0.2) is 6.80 Å². The maximum absolute atomic E-state index is 11.6. The zero-order valence-electron chi connectivity index (χ0n) is 8.05. The van der Waals surface area contributed by atoms with Crippen molar-refractivity contribution in [3.63, 3.8) is 0 Å². The van der Waals surface area contributed by atoms with Gasteiger partial charge >= 0.3 is 0 Å². The van der Waals surface area contributed by atoms with E-state index in [9.17, 15) is 4.39 Å². The van der Waals surface area contributed by atoms with E-state index in [0.29, 0.717) is 0 Å². The standard InChI is InChI=1S/C9H17FN2/c1-4-9(7-12(2)3)5-6-11-8-10/h5-6H,4,7-8H2,1-3H3/b9-5+,11-6-. The molecule has 0 aromatic heterocycles. The number of likely N-dealkylation sites (N-methyl/N-ethyl adjacent to an activating group) is 1. The van der Waals surface area contributed by atoms with Gasteiger partial charge in [0.2, 0.25) is 0 Å². The molecule has 0 fully saturated rings. The predicted molar refractivity (Wildman–Crippen MR) is 51.4 cm³/mol. The molecule has 0 amide bonds. The third-order valence-electron chi connectivity index (χ3n) is 1.46. The van der Waals surface area contributed by atoms with Crippen molar-refractivity contribution >= 4 is 6.21 Å². The van der Waals surface area contributed by atoms with E-state index in [-0.39, 0.29) is 0 Å². The molecule has 70 valence electrons. The molecule has 12 heavy (non-hydrogen) atoms. The molecule has 0 saturated heterocycles. The second-order valence-corrected chi connectivity index (χ2v) is 2.87. The van der Waals surface area contributed by atoms with Crippen LogP contribution in [0.15, 0.2) is 16.6 Å². The minimum atomic E-state index is -0.630. The molecule has 0 atom stereocenters. The van der Waals surface area contributed by atoms with Crippen LogP contribution in [0, 0.1) is 0 Å². The number of halogens is 1. The van der Waals surface area contributed by atoms with Gasteiger partial charge in [-0.3, -0.25) is 4.99 Å². The quantitative estimate of drug-likeness (QED) is 0.456. The molecule has 0 rings (SSSR count). The van der Waals surface area contributed by atoms with Crippen molar-refractivity contribution in [2.24, 2.45) is 4.99 Å². The van der Waals surface area contributed by atoms with E-state index in [1.54, 1.807) is 0 Å². The lowest BCUT2D eigenvalue weighted by Crippen LogP contribution is -2.14. The monoisotopic (exact) mass is 172 g/mol. The molecule has 0 spiro atoms. The Labute approximate surface area is 73.8 Å². The maximum Gasteiger partial charge on any atom is 0.179 e. The number of hydrogen-bond donors (Lipinski definition) is 0. The van der Waals surface area contributed by atoms with E-state index in [1.165, 1.54) is 11.8 Å². The lowest BCUT2D eigenvalue weighted by molar-refractivity contribution is 0.441. The average Bonchev–Trinajstić information content (AvgIpc) is 2.02. The molecule has 0 N–H and O–H groups in total. The van der Waals surface area contributed by atoms with Crippen molar-refractivity contribution in [3.05, 3.63) is 11.6 Å². The van der Waals surface area contributed by atoms with E-state index in [4.69, 9.17) is 0 Å². The van der Waals surface area contributed by atoms with E-state index >= 15 is 0 Å². The second kappa shape index (κ2) is 6.98. The molecule has 0 saturated carbocycles. The lowest BCUT2D eigenvalue weighted by Gasteiger charge is -2.10. The lowest BCUT2D eigenvalue weighted by atomic mass is 10.2. The Morgan fingerprint density at radius 2 is 2.17 bits per heavy atom. The van der Waals surface area contributed by atoms with Gasteiger partial charge in [-0.15, -0.1) is 0 Å². The van der Waals surface area contributed by atoms with Gasteiger partial charge in [-0.1, -0.05) is 12.5 Å². The van der Waals surface area contributed by atoms with Crippen LogP contribution in [-0.2, 0) is 0 Å². The highest BCUT2D eigenvalue weighted by molar-refractivity contribution is 5.72. The zero-order valence-corrected chi connectivity index (χ0v) is 8.05. The number of rotatable bonds is 5. The minimum Gasteiger partial charge on any atom is -0.305 e. The molecule has 0 aliphatic carbocycles. The molecule has 2 nitrogen and oxygen atoms in total. The Hall–Kier alpha value is -0.700. The number of hydrogen-bond acceptors (Lipinski definition) is 2. The molecule has 3 heteroatoms. The Balaban J connectivity index is 3.95. The summed E-state index contributed by atoms with van der Waals surface area (Å²) in [7, 11) is 4.02. The molecule has 0 aromatic carbocycles. The molecule has 0 aliphatic heterocycles. The maximum atomic E-state index is 11.6. The van der Waals surface area contributed by atoms with Gasteiger partial charge in [-0.25, -0.2) is 4.39 Å². The predicted octanol–water partition coefficient (Wildman–Crippen LogP) is 1.88. The summed E-state index contributed by atoms with van der Waals surface area (Å²) in [6.45, 7) is 2.36. The Bertz CT molecular complexity index is 162. The van der Waals surface area contributed by atoms with Gasteiger partial charge < -0.3 is 4.90 Å². The van der Waals surface area contributed by atoms with E-state index < -0.39 is 6.80 Å². The smallest absolute Gasteiger partial charge is 0.179 e. The fourth-order valence-corrected chi connectivity index (χ4v) is 0.886. The molecule has 0 aliphatic rings. The van der Waals surface area contributed by atoms with Crippen molar-refractivity contribution in [2.45, 2.75) is 13.3 Å². The van der Waals surface area contributed by atoms with E-state index in [2.05, 4.69) is 16.8 Å². The molecule has 0 heterocycles. The van der Waals surface area contributed by atoms with Crippen molar-refractivity contribution < 1.29 is 4.39 Å². The van der Waals surface area contributed by atoms with Gasteiger partial charge in [0.25, 0.3) is 0 Å². The van der Waals surface area contributed by atoms with Gasteiger partial charge in [0, 0.05) is 12.8 Å². The average molecular weight is 172 g/mol. The fourth-order valence-electron chi connectivity index (χ4n) is 0.886. The summed E-state index contributed by atoms with van der Waals surface area (Å²) in [5.74, 6) is 0. The van der Waals surface area contributed by atoms with Crippen LogP contribution in [0.25, 0.3) is 0 Å². The van der Waals surface area contributed by atoms with Crippen LogP contribution in [0.5, 0.6) is 0 Å². The van der Waals surface area contributed by atoms with E-state index in [0.717, 1.165) is 13.0 Å². The summed E-state index contributed by atoms with van der Waals surface area (Å²) >= 11 is 0. The Morgan fingerprint density at radius 1 is 1.50 bits per heavy atom. The number of allylic oxidation sites excluding steroid dienone is 1. The first-order valence-corrected chi connectivity index (χ1v) is 4.09. The first-order chi connectivity index (χ1) is 5.70. The largest absolute Gasteiger partial charge is 0.305 e. The van der Waals surface area contributed by atoms with Gasteiger partial charge in [0.05, 0.1) is 0 Å². The first kappa shape index (κ1) is 11.3. The zero-order chi connectivity index (χ0) is 9.40. The Kier molecular flexibility index (Phi) is 6.57. The van der Waals surface area contributed by atoms with Gasteiger partial charge in [-0.05, 0) is 26.6 Å². The molecular formula is C9H17FN2. The highest BCUT2D eigenvalue weighted by Gasteiger charge is 1.94. The second-order valence-electron chi connectivity index (χ2n) is 2.87. The van der Waals surface area contributed by atoms with Crippen LogP contribution >= 0.6 is 0 Å². The minimum absolute atomic E-state index is 0.630. The van der Waals surface area contributed by atoms with Crippen molar-refractivity contribution in [1.82, 2.24) is 4.90 Å². The van der Waals surface area contributed by atoms with Crippen LogP contribution in [0.2, 0.25) is 0 Å². The molecular weight excluding hydrogens is 155 g/mol. The summed E-state index contributed by atoms with van der Waals surface area (Å²) in [4.78, 5) is 5.56. The molecule has 0 bridgehead atoms. The normalized spacial score (nSPS) is 13.2. The SMILES string of the molecule is CC/C(=C\C=N/CF)CN(C)C. The topological polar surface area (TPSA) is 15.6 Å². The van der Waals surface area contributed by atoms with Crippen molar-refractivity contribution in [1.29, 1.82) is 0 Å². The summed E-state index contributed by atoms with van der Waals surface area (Å²) in [5.41, 5.74) is 1.26. The summed E-state index contributed by atoms with van der Waals surface area (Å²) in [5, 5.41) is 0. The van der Waals surface area contributed by atoms with Gasteiger partial charge in [0.1, 0.15) is 0 Å². The molecule has 0 unspecified atom stereocenters. The van der Waals surface area contributed by atoms with Crippen LogP contribution in [0.3, 0.4) is 0 Å². The van der Waals surface area contributed by atoms with Crippen molar-refractivity contribution in [3.8, 4) is 0 Å². The highest BCUT2D eigenvalue weighted by atomic mass is 19.1. The van der Waals surface area contributed by atoms with Crippen molar-refractivity contribution in [2.75, 3.05) is 27.4 Å². The first-order valence-electron chi connectivity index (χ1n) is 4.09. The summed E-state index contributed by atoms with van der Waals surface area (Å²) in [6, 6.07) is 0.